The van der Waals surface area contributed by atoms with E-state index >= 15 is 0 Å². The van der Waals surface area contributed by atoms with Crippen LogP contribution in [-0.4, -0.2) is 43.4 Å². The van der Waals surface area contributed by atoms with Gasteiger partial charge in [-0.1, -0.05) is 6.08 Å². The number of allylic oxidation sites excluding steroid dienone is 1. The van der Waals surface area contributed by atoms with E-state index in [1.165, 1.54) is 20.4 Å². The van der Waals surface area contributed by atoms with E-state index in [4.69, 9.17) is 9.47 Å². The number of nitrogens with zero attached hydrogens (tertiary/aromatic N) is 1. The molecule has 2 rings (SSSR count). The van der Waals surface area contributed by atoms with E-state index in [-0.39, 0.29) is 11.7 Å². The molecule has 1 unspecified atom stereocenters. The maximum atomic E-state index is 12.2. The third kappa shape index (κ3) is 5.84. The van der Waals surface area contributed by atoms with Gasteiger partial charge in [0.15, 0.2) is 11.5 Å². The Kier molecular flexibility index (Phi) is 7.99. The van der Waals surface area contributed by atoms with Gasteiger partial charge in [-0.05, 0) is 55.3 Å². The molecule has 0 aliphatic rings. The summed E-state index contributed by atoms with van der Waals surface area (Å²) in [7, 11) is 2.99. The molecule has 0 spiro atoms. The number of phenolic OH excluding ortho intramolecular Hbond substituents is 1. The highest BCUT2D eigenvalue weighted by molar-refractivity contribution is 5.97. The Labute approximate surface area is 175 Å². The fourth-order valence-corrected chi connectivity index (χ4v) is 2.59. The summed E-state index contributed by atoms with van der Waals surface area (Å²) in [6.07, 6.45) is 3.53. The fourth-order valence-electron chi connectivity index (χ4n) is 2.59. The third-order valence-electron chi connectivity index (χ3n) is 4.24. The molecule has 0 saturated carbocycles. The Morgan fingerprint density at radius 2 is 1.90 bits per heavy atom. The number of methoxy groups -OCH3 is 2. The van der Waals surface area contributed by atoms with E-state index in [1.807, 2.05) is 0 Å². The molecule has 0 aliphatic carbocycles. The first kappa shape index (κ1) is 22.5. The third-order valence-corrected chi connectivity index (χ3v) is 4.24. The summed E-state index contributed by atoms with van der Waals surface area (Å²) in [6.45, 7) is 5.21. The molecule has 1 atom stereocenters. The first-order valence-corrected chi connectivity index (χ1v) is 9.18. The topological polar surface area (TPSA) is 109 Å². The lowest BCUT2D eigenvalue weighted by Crippen LogP contribution is -2.43. The van der Waals surface area contributed by atoms with Gasteiger partial charge >= 0.3 is 0 Å². The minimum Gasteiger partial charge on any atom is -0.504 e. The van der Waals surface area contributed by atoms with Crippen molar-refractivity contribution < 1.29 is 24.2 Å². The largest absolute Gasteiger partial charge is 0.504 e. The zero-order valence-electron chi connectivity index (χ0n) is 17.1. The molecule has 0 heterocycles. The molecule has 0 fully saturated rings. The predicted octanol–water partition coefficient (Wildman–Crippen LogP) is 2.41. The van der Waals surface area contributed by atoms with E-state index in [2.05, 4.69) is 22.4 Å². The minimum atomic E-state index is -0.803. The molecule has 30 heavy (non-hydrogen) atoms. The number of amides is 2. The highest BCUT2D eigenvalue weighted by atomic mass is 16.5. The normalized spacial score (nSPS) is 11.6. The van der Waals surface area contributed by atoms with Crippen molar-refractivity contribution in [2.75, 3.05) is 14.2 Å². The lowest BCUT2D eigenvalue weighted by atomic mass is 10.1. The summed E-state index contributed by atoms with van der Waals surface area (Å²) in [5.74, 6) is 0.0938. The Morgan fingerprint density at radius 1 is 1.20 bits per heavy atom. The number of hydrazone groups is 1. The first-order chi connectivity index (χ1) is 14.4. The second kappa shape index (κ2) is 10.7. The van der Waals surface area contributed by atoms with Gasteiger partial charge in [0.2, 0.25) is 0 Å². The lowest BCUT2D eigenvalue weighted by Gasteiger charge is -2.12. The Morgan fingerprint density at radius 3 is 2.50 bits per heavy atom. The van der Waals surface area contributed by atoms with Gasteiger partial charge in [0.25, 0.3) is 11.8 Å². The lowest BCUT2D eigenvalue weighted by molar-refractivity contribution is -0.122. The van der Waals surface area contributed by atoms with Crippen LogP contribution in [0.1, 0.15) is 28.4 Å². The van der Waals surface area contributed by atoms with Gasteiger partial charge in [-0.15, -0.1) is 6.58 Å². The van der Waals surface area contributed by atoms with E-state index < -0.39 is 11.9 Å². The number of benzene rings is 2. The number of carbonyl (C=O) groups is 2. The van der Waals surface area contributed by atoms with E-state index in [1.54, 1.807) is 49.4 Å². The van der Waals surface area contributed by atoms with Gasteiger partial charge in [0, 0.05) is 11.1 Å². The number of phenols is 1. The van der Waals surface area contributed by atoms with Crippen molar-refractivity contribution in [3.63, 3.8) is 0 Å². The van der Waals surface area contributed by atoms with Crippen LogP contribution in [-0.2, 0) is 11.2 Å². The number of hydrogen-bond acceptors (Lipinski definition) is 6. The summed E-state index contributed by atoms with van der Waals surface area (Å²) in [6, 6.07) is 9.04. The molecular formula is C22H25N3O5. The van der Waals surface area contributed by atoms with Crippen LogP contribution in [0.3, 0.4) is 0 Å². The van der Waals surface area contributed by atoms with Gasteiger partial charge in [-0.3, -0.25) is 9.59 Å². The average Bonchev–Trinajstić information content (AvgIpc) is 2.75. The van der Waals surface area contributed by atoms with Gasteiger partial charge < -0.3 is 19.9 Å². The number of carbonyl (C=O) groups excluding carboxylic acids is 2. The molecule has 0 radical (unpaired) electrons. The van der Waals surface area contributed by atoms with Crippen LogP contribution < -0.4 is 20.2 Å². The Balaban J connectivity index is 1.98. The van der Waals surface area contributed by atoms with Crippen molar-refractivity contribution in [1.82, 2.24) is 10.7 Å². The molecule has 8 heteroatoms. The van der Waals surface area contributed by atoms with Crippen LogP contribution in [0.5, 0.6) is 17.2 Å². The molecule has 0 aliphatic heterocycles. The molecule has 2 aromatic carbocycles. The molecule has 158 valence electrons. The smallest absolute Gasteiger partial charge is 0.262 e. The zero-order chi connectivity index (χ0) is 22.1. The fraction of sp³-hybridized carbons (Fsp3) is 0.227. The van der Waals surface area contributed by atoms with Crippen LogP contribution in [0, 0.1) is 0 Å². The Bertz CT molecular complexity index is 939. The van der Waals surface area contributed by atoms with Crippen LogP contribution in [0.25, 0.3) is 0 Å². The monoisotopic (exact) mass is 411 g/mol. The van der Waals surface area contributed by atoms with Crippen LogP contribution in [0.4, 0.5) is 0 Å². The highest BCUT2D eigenvalue weighted by Gasteiger charge is 2.16. The van der Waals surface area contributed by atoms with E-state index in [9.17, 15) is 14.7 Å². The molecule has 2 amide bonds. The van der Waals surface area contributed by atoms with Crippen LogP contribution in [0.2, 0.25) is 0 Å². The van der Waals surface area contributed by atoms with Crippen molar-refractivity contribution in [3.8, 4) is 17.2 Å². The van der Waals surface area contributed by atoms with Crippen molar-refractivity contribution in [3.05, 3.63) is 65.7 Å². The first-order valence-electron chi connectivity index (χ1n) is 9.18. The van der Waals surface area contributed by atoms with Crippen molar-refractivity contribution >= 4 is 18.0 Å². The van der Waals surface area contributed by atoms with Crippen molar-refractivity contribution in [2.45, 2.75) is 19.4 Å². The second-order valence-corrected chi connectivity index (χ2v) is 6.38. The SMILES string of the molecule is C=CCc1cc(/C=N/NC(=O)C(C)NC(=O)c2ccc(OC)cc2)cc(OC)c1O. The average molecular weight is 411 g/mol. The zero-order valence-corrected chi connectivity index (χ0v) is 17.1. The molecule has 3 N–H and O–H groups in total. The summed E-state index contributed by atoms with van der Waals surface area (Å²) in [5.41, 5.74) is 4.03. The number of aromatic hydroxyl groups is 1. The molecular weight excluding hydrogens is 386 g/mol. The number of rotatable bonds is 9. The maximum absolute atomic E-state index is 12.2. The van der Waals surface area contributed by atoms with Gasteiger partial charge in [-0.25, -0.2) is 5.43 Å². The van der Waals surface area contributed by atoms with E-state index in [0.29, 0.717) is 34.6 Å². The number of hydrogen-bond donors (Lipinski definition) is 3. The number of nitrogens with one attached hydrogen (secondary N) is 2. The van der Waals surface area contributed by atoms with Gasteiger partial charge in [0.1, 0.15) is 11.8 Å². The van der Waals surface area contributed by atoms with Gasteiger partial charge in [0.05, 0.1) is 20.4 Å². The molecule has 0 aromatic heterocycles. The molecule has 0 bridgehead atoms. The summed E-state index contributed by atoms with van der Waals surface area (Å²) in [5, 5.41) is 16.6. The minimum absolute atomic E-state index is 0.0356. The number of ether oxygens (including phenoxy) is 2. The van der Waals surface area contributed by atoms with Crippen LogP contribution >= 0.6 is 0 Å². The summed E-state index contributed by atoms with van der Waals surface area (Å²) < 4.78 is 10.2. The molecule has 0 saturated heterocycles. The van der Waals surface area contributed by atoms with Gasteiger partial charge in [-0.2, -0.15) is 5.10 Å². The summed E-state index contributed by atoms with van der Waals surface area (Å²) >= 11 is 0. The predicted molar refractivity (Wildman–Crippen MR) is 114 cm³/mol. The quantitative estimate of drug-likeness (QED) is 0.334. The summed E-state index contributed by atoms with van der Waals surface area (Å²) in [4.78, 5) is 24.4. The maximum Gasteiger partial charge on any atom is 0.262 e. The standard InChI is InChI=1S/C22H25N3O5/c1-5-6-17-11-15(12-19(30-4)20(17)26)13-23-25-21(27)14(2)24-22(28)16-7-9-18(29-3)10-8-16/h5,7-14,26H,1,6H2,2-4H3,(H,24,28)(H,25,27)/b23-13+. The molecule has 8 nitrogen and oxygen atoms in total. The van der Waals surface area contributed by atoms with Crippen molar-refractivity contribution in [2.24, 2.45) is 5.10 Å². The van der Waals surface area contributed by atoms with Crippen LogP contribution in [0.15, 0.2) is 54.2 Å². The molecule has 2 aromatic rings. The van der Waals surface area contributed by atoms with E-state index in [0.717, 1.165) is 0 Å². The second-order valence-electron chi connectivity index (χ2n) is 6.38. The highest BCUT2D eigenvalue weighted by Crippen LogP contribution is 2.31. The van der Waals surface area contributed by atoms with Crippen molar-refractivity contribution in [1.29, 1.82) is 0 Å². The Hall–Kier alpha value is -3.81.